The van der Waals surface area contributed by atoms with E-state index in [2.05, 4.69) is 21.8 Å². The van der Waals surface area contributed by atoms with E-state index in [1.54, 1.807) is 25.4 Å². The second-order valence-corrected chi connectivity index (χ2v) is 8.72. The fraction of sp³-hybridized carbons (Fsp3) is 0.320. The van der Waals surface area contributed by atoms with Gasteiger partial charge in [0.1, 0.15) is 12.7 Å². The van der Waals surface area contributed by atoms with Crippen molar-refractivity contribution in [1.29, 1.82) is 0 Å². The normalized spacial score (nSPS) is 17.5. The number of rotatable bonds is 7. The number of hydrazine groups is 1. The number of benzene rings is 1. The lowest BCUT2D eigenvalue weighted by Gasteiger charge is -2.38. The minimum atomic E-state index is -0.670. The molecule has 3 heterocycles. The number of carbonyl (C=O) groups excluding carboxylic acids is 1. The molecule has 4 rings (SSSR count). The third-order valence-electron chi connectivity index (χ3n) is 5.86. The van der Waals surface area contributed by atoms with Gasteiger partial charge in [0.05, 0.1) is 35.9 Å². The smallest absolute Gasteiger partial charge is 0.429 e. The van der Waals surface area contributed by atoms with Crippen molar-refractivity contribution in [2.75, 3.05) is 30.1 Å². The van der Waals surface area contributed by atoms with Gasteiger partial charge >= 0.3 is 6.09 Å². The second-order valence-electron chi connectivity index (χ2n) is 8.31. The highest BCUT2D eigenvalue weighted by atomic mass is 35.5. The molecule has 1 aromatic carbocycles. The molecule has 0 spiro atoms. The molecule has 0 unspecified atom stereocenters. The van der Waals surface area contributed by atoms with Gasteiger partial charge in [0.2, 0.25) is 11.8 Å². The zero-order valence-corrected chi connectivity index (χ0v) is 20.4. The molecule has 35 heavy (non-hydrogen) atoms. The first kappa shape index (κ1) is 24.6. The fourth-order valence-corrected chi connectivity index (χ4v) is 4.14. The van der Waals surface area contributed by atoms with Gasteiger partial charge in [0, 0.05) is 37.6 Å². The summed E-state index contributed by atoms with van der Waals surface area (Å²) in [7, 11) is 1.58. The Balaban J connectivity index is 1.31. The number of piperidine rings is 1. The Bertz CT molecular complexity index is 1130. The SMILES string of the molecule is COc1cc(N2CC[C@@H](Oc3ccc(N(N)C(=O)OCc4ccccc4)cn3)[C@H](C)C2)c(Cl)cn1. The van der Waals surface area contributed by atoms with Crippen molar-refractivity contribution in [3.63, 3.8) is 0 Å². The van der Waals surface area contributed by atoms with Crippen LogP contribution in [-0.2, 0) is 11.3 Å². The maximum absolute atomic E-state index is 12.3. The largest absolute Gasteiger partial charge is 0.481 e. The Kier molecular flexibility index (Phi) is 7.89. The number of aromatic nitrogens is 2. The van der Waals surface area contributed by atoms with E-state index in [1.807, 2.05) is 36.4 Å². The van der Waals surface area contributed by atoms with Crippen molar-refractivity contribution >= 4 is 29.1 Å². The van der Waals surface area contributed by atoms with Crippen molar-refractivity contribution in [1.82, 2.24) is 9.97 Å². The predicted molar refractivity (Wildman–Crippen MR) is 134 cm³/mol. The Morgan fingerprint density at radius 2 is 1.94 bits per heavy atom. The third kappa shape index (κ3) is 6.12. The molecule has 2 atom stereocenters. The van der Waals surface area contributed by atoms with Crippen LogP contribution >= 0.6 is 11.6 Å². The molecule has 10 heteroatoms. The summed E-state index contributed by atoms with van der Waals surface area (Å²) in [6.45, 7) is 3.79. The summed E-state index contributed by atoms with van der Waals surface area (Å²) in [4.78, 5) is 22.9. The number of nitrogens with two attached hydrogens (primary N) is 1. The Morgan fingerprint density at radius 3 is 2.63 bits per heavy atom. The molecule has 1 fully saturated rings. The molecule has 9 nitrogen and oxygen atoms in total. The number of methoxy groups -OCH3 is 1. The molecule has 184 valence electrons. The zero-order chi connectivity index (χ0) is 24.8. The van der Waals surface area contributed by atoms with Gasteiger partial charge in [-0.25, -0.2) is 25.6 Å². The van der Waals surface area contributed by atoms with Crippen LogP contribution in [0.15, 0.2) is 60.9 Å². The number of carbonyl (C=O) groups is 1. The molecule has 1 aliphatic rings. The number of anilines is 2. The van der Waals surface area contributed by atoms with Gasteiger partial charge in [-0.1, -0.05) is 48.9 Å². The van der Waals surface area contributed by atoms with Crippen molar-refractivity contribution in [3.8, 4) is 11.8 Å². The first-order valence-corrected chi connectivity index (χ1v) is 11.6. The number of amides is 1. The highest BCUT2D eigenvalue weighted by Crippen LogP contribution is 2.32. The van der Waals surface area contributed by atoms with Crippen LogP contribution in [-0.4, -0.2) is 42.4 Å². The standard InChI is InChI=1S/C25H28ClN5O4/c1-17-15-30(21-12-24(33-2)29-14-20(21)26)11-10-22(17)35-23-9-8-19(13-28-23)31(27)25(32)34-16-18-6-4-3-5-7-18/h3-9,12-14,17,22H,10-11,15-16,27H2,1-2H3/t17-,22-/m1/s1. The zero-order valence-electron chi connectivity index (χ0n) is 19.6. The lowest BCUT2D eigenvalue weighted by molar-refractivity contribution is 0.116. The first-order chi connectivity index (χ1) is 16.9. The molecule has 1 aliphatic heterocycles. The molecule has 0 saturated carbocycles. The summed E-state index contributed by atoms with van der Waals surface area (Å²) in [5.41, 5.74) is 2.18. The van der Waals surface area contributed by atoms with E-state index < -0.39 is 6.09 Å². The van der Waals surface area contributed by atoms with Gasteiger partial charge < -0.3 is 19.1 Å². The van der Waals surface area contributed by atoms with E-state index in [1.165, 1.54) is 6.20 Å². The van der Waals surface area contributed by atoms with Gasteiger partial charge in [0.25, 0.3) is 0 Å². The van der Waals surface area contributed by atoms with E-state index in [9.17, 15) is 4.79 Å². The fourth-order valence-electron chi connectivity index (χ4n) is 3.92. The number of hydrogen-bond donors (Lipinski definition) is 1. The molecule has 0 aliphatic carbocycles. The van der Waals surface area contributed by atoms with Gasteiger partial charge in [-0.05, 0) is 11.6 Å². The molecule has 1 amide bonds. The van der Waals surface area contributed by atoms with Crippen LogP contribution in [0.4, 0.5) is 16.2 Å². The highest BCUT2D eigenvalue weighted by Gasteiger charge is 2.29. The maximum atomic E-state index is 12.3. The average Bonchev–Trinajstić information content (AvgIpc) is 2.89. The minimum absolute atomic E-state index is 0.0167. The Hall–Kier alpha value is -3.56. The number of ether oxygens (including phenoxy) is 3. The number of nitrogens with zero attached hydrogens (tertiary/aromatic N) is 4. The summed E-state index contributed by atoms with van der Waals surface area (Å²) in [5.74, 6) is 7.12. The number of halogens is 1. The van der Waals surface area contributed by atoms with Crippen LogP contribution in [0.1, 0.15) is 18.9 Å². The quantitative estimate of drug-likeness (QED) is 0.290. The van der Waals surface area contributed by atoms with Crippen molar-refractivity contribution in [2.45, 2.75) is 26.1 Å². The van der Waals surface area contributed by atoms with Gasteiger partial charge in [0.15, 0.2) is 0 Å². The summed E-state index contributed by atoms with van der Waals surface area (Å²) < 4.78 is 16.6. The van der Waals surface area contributed by atoms with Crippen molar-refractivity contribution in [2.24, 2.45) is 11.8 Å². The molecular weight excluding hydrogens is 470 g/mol. The summed E-state index contributed by atoms with van der Waals surface area (Å²) in [6.07, 6.45) is 3.20. The first-order valence-electron chi connectivity index (χ1n) is 11.3. The lowest BCUT2D eigenvalue weighted by atomic mass is 9.96. The average molecular weight is 498 g/mol. The van der Waals surface area contributed by atoms with Crippen LogP contribution in [0.25, 0.3) is 0 Å². The van der Waals surface area contributed by atoms with Crippen LogP contribution in [0, 0.1) is 5.92 Å². The van der Waals surface area contributed by atoms with E-state index in [0.717, 1.165) is 35.8 Å². The molecule has 3 aromatic rings. The van der Waals surface area contributed by atoms with Crippen LogP contribution in [0.5, 0.6) is 11.8 Å². The monoisotopic (exact) mass is 497 g/mol. The van der Waals surface area contributed by atoms with E-state index in [0.29, 0.717) is 22.5 Å². The van der Waals surface area contributed by atoms with Gasteiger partial charge in [-0.15, -0.1) is 0 Å². The molecular formula is C25H28ClN5O4. The minimum Gasteiger partial charge on any atom is -0.481 e. The number of hydrogen-bond acceptors (Lipinski definition) is 8. The summed E-state index contributed by atoms with van der Waals surface area (Å²) in [5, 5.41) is 1.51. The van der Waals surface area contributed by atoms with Crippen molar-refractivity contribution in [3.05, 3.63) is 71.5 Å². The molecule has 0 radical (unpaired) electrons. The van der Waals surface area contributed by atoms with Crippen LogP contribution in [0.3, 0.4) is 0 Å². The summed E-state index contributed by atoms with van der Waals surface area (Å²) >= 11 is 6.37. The lowest BCUT2D eigenvalue weighted by Crippen LogP contribution is -2.44. The van der Waals surface area contributed by atoms with Crippen molar-refractivity contribution < 1.29 is 19.0 Å². The van der Waals surface area contributed by atoms with E-state index in [4.69, 9.17) is 31.7 Å². The maximum Gasteiger partial charge on any atom is 0.429 e. The van der Waals surface area contributed by atoms with Gasteiger partial charge in [-0.2, -0.15) is 0 Å². The van der Waals surface area contributed by atoms with Crippen LogP contribution < -0.4 is 25.2 Å². The second kappa shape index (κ2) is 11.2. The number of pyridine rings is 2. The molecule has 0 bridgehead atoms. The molecule has 1 saturated heterocycles. The summed E-state index contributed by atoms with van der Waals surface area (Å²) in [6, 6.07) is 14.6. The Morgan fingerprint density at radius 1 is 1.17 bits per heavy atom. The van der Waals surface area contributed by atoms with Gasteiger partial charge in [-0.3, -0.25) is 0 Å². The van der Waals surface area contributed by atoms with E-state index in [-0.39, 0.29) is 18.6 Å². The topological polar surface area (TPSA) is 103 Å². The molecule has 2 N–H and O–H groups in total. The Labute approximate surface area is 209 Å². The highest BCUT2D eigenvalue weighted by molar-refractivity contribution is 6.33. The predicted octanol–water partition coefficient (Wildman–Crippen LogP) is 4.45. The van der Waals surface area contributed by atoms with E-state index >= 15 is 0 Å². The van der Waals surface area contributed by atoms with Crippen LogP contribution in [0.2, 0.25) is 5.02 Å². The third-order valence-corrected chi connectivity index (χ3v) is 6.15. The molecule has 2 aromatic heterocycles.